The maximum atomic E-state index is 11.9. The second-order valence-corrected chi connectivity index (χ2v) is 6.19. The van der Waals surface area contributed by atoms with Crippen molar-refractivity contribution in [1.82, 2.24) is 0 Å². The lowest BCUT2D eigenvalue weighted by Crippen LogP contribution is -2.18. The molecule has 154 valence electrons. The number of fused-ring (bicyclic) bond motifs is 1. The average molecular weight is 409 g/mol. The summed E-state index contributed by atoms with van der Waals surface area (Å²) >= 11 is 0. The molecule has 3 rings (SSSR count). The van der Waals surface area contributed by atoms with Crippen LogP contribution in [0.2, 0.25) is 0 Å². The third-order valence-corrected chi connectivity index (χ3v) is 4.09. The van der Waals surface area contributed by atoms with E-state index in [1.165, 1.54) is 0 Å². The van der Waals surface area contributed by atoms with Crippen LogP contribution in [0, 0.1) is 11.3 Å². The number of nitriles is 1. The van der Waals surface area contributed by atoms with Crippen LogP contribution in [0.1, 0.15) is 24.5 Å². The van der Waals surface area contributed by atoms with E-state index in [-0.39, 0.29) is 32.3 Å². The SMILES string of the molecule is C/C(=N\OCC(=O)OCCC(=O)Nc1ccccc1C#N)c1ccc2c(c1)OCO2. The van der Waals surface area contributed by atoms with Gasteiger partial charge >= 0.3 is 5.97 Å². The molecule has 0 fully saturated rings. The van der Waals surface area contributed by atoms with E-state index in [1.54, 1.807) is 49.4 Å². The van der Waals surface area contributed by atoms with Crippen molar-refractivity contribution in [1.29, 1.82) is 5.26 Å². The van der Waals surface area contributed by atoms with Gasteiger partial charge in [-0.1, -0.05) is 17.3 Å². The molecule has 9 nitrogen and oxygen atoms in total. The number of carbonyl (C=O) groups is 2. The van der Waals surface area contributed by atoms with Gasteiger partial charge in [0.05, 0.1) is 23.4 Å². The molecule has 30 heavy (non-hydrogen) atoms. The summed E-state index contributed by atoms with van der Waals surface area (Å²) in [6, 6.07) is 14.0. The Bertz CT molecular complexity index is 1010. The number of rotatable bonds is 8. The van der Waals surface area contributed by atoms with E-state index in [0.29, 0.717) is 28.5 Å². The van der Waals surface area contributed by atoms with Crippen molar-refractivity contribution < 1.29 is 28.6 Å². The molecule has 0 aliphatic carbocycles. The quantitative estimate of drug-likeness (QED) is 0.404. The van der Waals surface area contributed by atoms with Crippen LogP contribution in [0.3, 0.4) is 0 Å². The van der Waals surface area contributed by atoms with Crippen LogP contribution < -0.4 is 14.8 Å². The average Bonchev–Trinajstić information content (AvgIpc) is 3.22. The van der Waals surface area contributed by atoms with Crippen molar-refractivity contribution in [3.63, 3.8) is 0 Å². The van der Waals surface area contributed by atoms with Crippen LogP contribution in [-0.4, -0.2) is 37.6 Å². The zero-order valence-corrected chi connectivity index (χ0v) is 16.2. The second kappa shape index (κ2) is 9.93. The Labute approximate surface area is 172 Å². The summed E-state index contributed by atoms with van der Waals surface area (Å²) in [6.07, 6.45) is -0.0506. The van der Waals surface area contributed by atoms with Gasteiger partial charge in [-0.2, -0.15) is 5.26 Å². The molecule has 1 heterocycles. The lowest BCUT2D eigenvalue weighted by atomic mass is 10.1. The van der Waals surface area contributed by atoms with E-state index >= 15 is 0 Å². The number of para-hydroxylation sites is 1. The van der Waals surface area contributed by atoms with E-state index in [9.17, 15) is 9.59 Å². The van der Waals surface area contributed by atoms with Gasteiger partial charge in [-0.05, 0) is 37.3 Å². The first-order valence-corrected chi connectivity index (χ1v) is 9.08. The molecule has 0 aromatic heterocycles. The number of hydrogen-bond donors (Lipinski definition) is 1. The highest BCUT2D eigenvalue weighted by molar-refractivity contribution is 5.99. The van der Waals surface area contributed by atoms with Crippen molar-refractivity contribution >= 4 is 23.3 Å². The Balaban J connectivity index is 1.38. The molecule has 0 saturated heterocycles. The van der Waals surface area contributed by atoms with Gasteiger partial charge in [0.25, 0.3) is 0 Å². The Kier molecular flexibility index (Phi) is 6.84. The minimum Gasteiger partial charge on any atom is -0.463 e. The van der Waals surface area contributed by atoms with Crippen molar-refractivity contribution in [2.45, 2.75) is 13.3 Å². The molecule has 0 saturated carbocycles. The first-order chi connectivity index (χ1) is 14.6. The largest absolute Gasteiger partial charge is 0.463 e. The molecule has 2 aromatic carbocycles. The van der Waals surface area contributed by atoms with Gasteiger partial charge in [0.1, 0.15) is 12.7 Å². The van der Waals surface area contributed by atoms with Crippen LogP contribution in [0.5, 0.6) is 11.5 Å². The minimum atomic E-state index is -0.650. The summed E-state index contributed by atoms with van der Waals surface area (Å²) in [7, 11) is 0. The molecule has 1 aliphatic heterocycles. The number of carbonyl (C=O) groups excluding carboxylic acids is 2. The summed E-state index contributed by atoms with van der Waals surface area (Å²) in [6.45, 7) is 1.40. The predicted molar refractivity (Wildman–Crippen MR) is 106 cm³/mol. The molecule has 2 aromatic rings. The zero-order chi connectivity index (χ0) is 21.3. The third kappa shape index (κ3) is 5.48. The fourth-order valence-electron chi connectivity index (χ4n) is 2.56. The van der Waals surface area contributed by atoms with Crippen LogP contribution in [0.4, 0.5) is 5.69 Å². The number of ether oxygens (including phenoxy) is 3. The van der Waals surface area contributed by atoms with Crippen LogP contribution >= 0.6 is 0 Å². The number of nitrogens with zero attached hydrogens (tertiary/aromatic N) is 2. The second-order valence-electron chi connectivity index (χ2n) is 6.19. The number of nitrogens with one attached hydrogen (secondary N) is 1. The van der Waals surface area contributed by atoms with E-state index < -0.39 is 5.97 Å². The molecule has 0 spiro atoms. The normalized spacial score (nSPS) is 12.1. The first-order valence-electron chi connectivity index (χ1n) is 9.08. The molecule has 1 aliphatic rings. The molecule has 0 radical (unpaired) electrons. The monoisotopic (exact) mass is 409 g/mol. The number of hydrogen-bond acceptors (Lipinski definition) is 8. The van der Waals surface area contributed by atoms with Gasteiger partial charge in [0.15, 0.2) is 11.5 Å². The molecule has 1 amide bonds. The number of benzene rings is 2. The Morgan fingerprint density at radius 1 is 1.20 bits per heavy atom. The summed E-state index contributed by atoms with van der Waals surface area (Å²) in [5.74, 6) is 0.263. The zero-order valence-electron chi connectivity index (χ0n) is 16.2. The van der Waals surface area contributed by atoms with Crippen LogP contribution in [0.15, 0.2) is 47.6 Å². The molecule has 0 bridgehead atoms. The minimum absolute atomic E-state index is 0.0506. The topological polar surface area (TPSA) is 119 Å². The van der Waals surface area contributed by atoms with E-state index in [1.807, 2.05) is 6.07 Å². The Morgan fingerprint density at radius 3 is 2.83 bits per heavy atom. The Hall–Kier alpha value is -4.06. The van der Waals surface area contributed by atoms with E-state index in [0.717, 1.165) is 5.56 Å². The molecular formula is C21H19N3O6. The highest BCUT2D eigenvalue weighted by Gasteiger charge is 2.14. The maximum Gasteiger partial charge on any atom is 0.347 e. The summed E-state index contributed by atoms with van der Waals surface area (Å²) in [5.41, 5.74) is 2.08. The summed E-state index contributed by atoms with van der Waals surface area (Å²) in [4.78, 5) is 28.7. The van der Waals surface area contributed by atoms with Crippen LogP contribution in [0.25, 0.3) is 0 Å². The third-order valence-electron chi connectivity index (χ3n) is 4.09. The molecule has 1 N–H and O–H groups in total. The number of amides is 1. The standard InChI is InChI=1S/C21H19N3O6/c1-14(15-6-7-18-19(10-15)29-13-28-18)24-30-12-21(26)27-9-8-20(25)23-17-5-3-2-4-16(17)11-22/h2-7,10H,8-9,12-13H2,1H3,(H,23,25)/b24-14+. The Morgan fingerprint density at radius 2 is 2.00 bits per heavy atom. The maximum absolute atomic E-state index is 11.9. The van der Waals surface area contributed by atoms with Gasteiger partial charge < -0.3 is 24.4 Å². The van der Waals surface area contributed by atoms with Gasteiger partial charge in [0, 0.05) is 5.56 Å². The fraction of sp³-hybridized carbons (Fsp3) is 0.238. The summed E-state index contributed by atoms with van der Waals surface area (Å²) in [5, 5.41) is 15.5. The first kappa shape index (κ1) is 20.7. The van der Waals surface area contributed by atoms with Crippen molar-refractivity contribution in [2.75, 3.05) is 25.3 Å². The highest BCUT2D eigenvalue weighted by atomic mass is 16.7. The van der Waals surface area contributed by atoms with Crippen LogP contribution in [-0.2, 0) is 19.2 Å². The molecule has 0 atom stereocenters. The smallest absolute Gasteiger partial charge is 0.347 e. The summed E-state index contributed by atoms with van der Waals surface area (Å²) < 4.78 is 15.5. The number of oxime groups is 1. The van der Waals surface area contributed by atoms with E-state index in [2.05, 4.69) is 10.5 Å². The fourth-order valence-corrected chi connectivity index (χ4v) is 2.56. The van der Waals surface area contributed by atoms with Crippen molar-refractivity contribution in [3.05, 3.63) is 53.6 Å². The van der Waals surface area contributed by atoms with Gasteiger partial charge in [-0.3, -0.25) is 4.79 Å². The lowest BCUT2D eigenvalue weighted by Gasteiger charge is -2.07. The van der Waals surface area contributed by atoms with Crippen molar-refractivity contribution in [2.24, 2.45) is 5.16 Å². The molecule has 9 heteroatoms. The van der Waals surface area contributed by atoms with Gasteiger partial charge in [0.2, 0.25) is 19.3 Å². The highest BCUT2D eigenvalue weighted by Crippen LogP contribution is 2.32. The van der Waals surface area contributed by atoms with E-state index in [4.69, 9.17) is 24.3 Å². The predicted octanol–water partition coefficient (Wildman–Crippen LogP) is 2.60. The van der Waals surface area contributed by atoms with Crippen molar-refractivity contribution in [3.8, 4) is 17.6 Å². The number of anilines is 1. The van der Waals surface area contributed by atoms with Gasteiger partial charge in [-0.25, -0.2) is 4.79 Å². The molecule has 0 unspecified atom stereocenters. The lowest BCUT2D eigenvalue weighted by molar-refractivity contribution is -0.149. The molecular weight excluding hydrogens is 390 g/mol. The number of esters is 1. The van der Waals surface area contributed by atoms with Gasteiger partial charge in [-0.15, -0.1) is 0 Å².